The van der Waals surface area contributed by atoms with Gasteiger partial charge in [-0.15, -0.1) is 0 Å². The van der Waals surface area contributed by atoms with Crippen LogP contribution in [0.15, 0.2) is 25.3 Å². The molecule has 2 aliphatic heterocycles. The number of anilines is 2. The summed E-state index contributed by atoms with van der Waals surface area (Å²) in [5, 5.41) is 0. The fourth-order valence-corrected chi connectivity index (χ4v) is 6.93. The first-order valence-electron chi connectivity index (χ1n) is 12.9. The standard InChI is InChI=1S/C21H24F2N10O8P2S2/c22-10-14(40-42-34)9(39-20(10)32-5-30-12-16(24)26-3-28-18(12)32)2-37-43(35,45)41-15-8(1-36-7-44)38-21(11(15)23)33-6-31-13-17(25)27-4-29-19(13)33/h3-6,8-11,14-15,20-21,44H,1-2,7H2,(H,35,45)(H2,24,26,28)(H2,25,27,29)/t8-,9-,10-,11-,14-,15-,20-,21-,43?/m1/s1. The summed E-state index contributed by atoms with van der Waals surface area (Å²) in [6.07, 6.45) is -6.96. The van der Waals surface area contributed by atoms with Crippen molar-refractivity contribution in [3.8, 4) is 0 Å². The van der Waals surface area contributed by atoms with Gasteiger partial charge in [-0.25, -0.2) is 43.2 Å². The van der Waals surface area contributed by atoms with E-state index in [1.165, 1.54) is 34.4 Å². The van der Waals surface area contributed by atoms with E-state index in [4.69, 9.17) is 51.1 Å². The molecule has 2 aliphatic rings. The Bertz CT molecular complexity index is 1740. The second kappa shape index (κ2) is 13.2. The quantitative estimate of drug-likeness (QED) is 0.0926. The molecular weight excluding hydrogens is 684 g/mol. The minimum Gasteiger partial charge on any atom is -0.382 e. The van der Waals surface area contributed by atoms with Crippen molar-refractivity contribution in [2.75, 3.05) is 30.6 Å². The lowest BCUT2D eigenvalue weighted by Crippen LogP contribution is -2.35. The van der Waals surface area contributed by atoms with Crippen molar-refractivity contribution in [2.45, 2.75) is 49.2 Å². The second-order valence-corrected chi connectivity index (χ2v) is 13.1. The van der Waals surface area contributed by atoms with E-state index in [1.807, 2.05) is 0 Å². The number of rotatable bonds is 12. The molecule has 0 amide bonds. The van der Waals surface area contributed by atoms with Crippen molar-refractivity contribution in [2.24, 2.45) is 0 Å². The molecule has 0 spiro atoms. The summed E-state index contributed by atoms with van der Waals surface area (Å²) in [4.78, 5) is 35.1. The molecule has 2 fully saturated rings. The first-order chi connectivity index (χ1) is 21.6. The van der Waals surface area contributed by atoms with Crippen LogP contribution in [0, 0.1) is 0 Å². The first kappa shape index (κ1) is 32.3. The Balaban J connectivity index is 1.18. The number of imidazole rings is 2. The lowest BCUT2D eigenvalue weighted by Gasteiger charge is -2.26. The Kier molecular flexibility index (Phi) is 9.51. The molecule has 0 aliphatic carbocycles. The maximum Gasteiger partial charge on any atom is 0.327 e. The Morgan fingerprint density at radius 1 is 0.933 bits per heavy atom. The number of thiol groups is 1. The molecule has 1 unspecified atom stereocenters. The smallest absolute Gasteiger partial charge is 0.327 e. The number of fused-ring (bicyclic) bond motifs is 2. The van der Waals surface area contributed by atoms with Crippen LogP contribution in [0.25, 0.3) is 22.3 Å². The molecule has 18 nitrogen and oxygen atoms in total. The van der Waals surface area contributed by atoms with E-state index in [0.717, 1.165) is 0 Å². The molecular formula is C21H24F2N10O8P2S2. The van der Waals surface area contributed by atoms with Gasteiger partial charge in [0.05, 0.1) is 31.8 Å². The van der Waals surface area contributed by atoms with Gasteiger partial charge < -0.3 is 35.1 Å². The predicted octanol–water partition coefficient (Wildman–Crippen LogP) is 1.42. The monoisotopic (exact) mass is 708 g/mol. The van der Waals surface area contributed by atoms with Crippen molar-refractivity contribution < 1.29 is 46.0 Å². The van der Waals surface area contributed by atoms with E-state index in [9.17, 15) is 9.46 Å². The number of hydrogen-bond donors (Lipinski definition) is 4. The number of nitrogens with zero attached hydrogens (tertiary/aromatic N) is 8. The van der Waals surface area contributed by atoms with Crippen LogP contribution in [0.1, 0.15) is 12.5 Å². The van der Waals surface area contributed by atoms with E-state index in [2.05, 4.69) is 42.5 Å². The van der Waals surface area contributed by atoms with Crippen LogP contribution in [0.2, 0.25) is 0 Å². The molecule has 5 N–H and O–H groups in total. The summed E-state index contributed by atoms with van der Waals surface area (Å²) in [7, 11) is -0.845. The van der Waals surface area contributed by atoms with Gasteiger partial charge in [-0.3, -0.25) is 18.2 Å². The zero-order valence-electron chi connectivity index (χ0n) is 22.6. The normalized spacial score (nSPS) is 30.0. The molecule has 0 bridgehead atoms. The van der Waals surface area contributed by atoms with Crippen molar-refractivity contribution >= 4 is 73.8 Å². The number of nitrogen functional groups attached to an aromatic ring is 2. The van der Waals surface area contributed by atoms with Crippen LogP contribution in [0.5, 0.6) is 0 Å². The molecule has 0 radical (unpaired) electrons. The van der Waals surface area contributed by atoms with Gasteiger partial charge in [-0.05, 0) is 11.8 Å². The highest BCUT2D eigenvalue weighted by Crippen LogP contribution is 2.50. The maximum absolute atomic E-state index is 16.0. The second-order valence-electron chi connectivity index (χ2n) is 9.66. The number of hydrogen-bond acceptors (Lipinski definition) is 17. The Morgan fingerprint density at radius 3 is 2.00 bits per heavy atom. The highest BCUT2D eigenvalue weighted by molar-refractivity contribution is 8.07. The molecule has 45 heavy (non-hydrogen) atoms. The summed E-state index contributed by atoms with van der Waals surface area (Å²) in [5.74, 6) is 0.126. The van der Waals surface area contributed by atoms with Crippen LogP contribution in [0.4, 0.5) is 20.4 Å². The zero-order chi connectivity index (χ0) is 31.9. The van der Waals surface area contributed by atoms with E-state index in [-0.39, 0.29) is 46.5 Å². The Labute approximate surface area is 263 Å². The summed E-state index contributed by atoms with van der Waals surface area (Å²) >= 11 is 9.17. The Morgan fingerprint density at radius 2 is 1.47 bits per heavy atom. The number of ether oxygens (including phenoxy) is 3. The molecule has 6 rings (SSSR count). The molecule has 24 heteroatoms. The van der Waals surface area contributed by atoms with Crippen molar-refractivity contribution in [1.29, 1.82) is 0 Å². The topological polar surface area (TPSA) is 232 Å². The van der Waals surface area contributed by atoms with Gasteiger partial charge in [-0.1, -0.05) is 0 Å². The summed E-state index contributed by atoms with van der Waals surface area (Å²) in [5.41, 5.74) is 12.5. The van der Waals surface area contributed by atoms with Gasteiger partial charge in [0.25, 0.3) is 0 Å². The van der Waals surface area contributed by atoms with Crippen LogP contribution >= 0.6 is 28.0 Å². The van der Waals surface area contributed by atoms with E-state index in [1.54, 1.807) is 0 Å². The number of alkyl halides is 2. The third kappa shape index (κ3) is 6.24. The average Bonchev–Trinajstić information content (AvgIpc) is 3.77. The minimum absolute atomic E-state index is 0.0222. The van der Waals surface area contributed by atoms with Gasteiger partial charge in [-0.2, -0.15) is 12.6 Å². The molecule has 4 aromatic heterocycles. The number of aromatic nitrogens is 8. The third-order valence-corrected chi connectivity index (χ3v) is 9.12. The van der Waals surface area contributed by atoms with Gasteiger partial charge in [0.15, 0.2) is 47.7 Å². The lowest BCUT2D eigenvalue weighted by molar-refractivity contribution is -0.0579. The van der Waals surface area contributed by atoms with Gasteiger partial charge in [0.1, 0.15) is 48.1 Å². The van der Waals surface area contributed by atoms with E-state index in [0.29, 0.717) is 0 Å². The maximum atomic E-state index is 16.0. The van der Waals surface area contributed by atoms with Crippen LogP contribution < -0.4 is 11.5 Å². The van der Waals surface area contributed by atoms with Crippen molar-refractivity contribution in [3.63, 3.8) is 0 Å². The molecule has 2 saturated heterocycles. The fraction of sp³-hybridized carbons (Fsp3) is 0.524. The molecule has 0 aromatic carbocycles. The molecule has 0 saturated carbocycles. The predicted molar refractivity (Wildman–Crippen MR) is 157 cm³/mol. The van der Waals surface area contributed by atoms with Crippen LogP contribution in [-0.4, -0.2) is 99.8 Å². The van der Waals surface area contributed by atoms with E-state index < -0.39 is 71.2 Å². The van der Waals surface area contributed by atoms with Gasteiger partial charge in [0.2, 0.25) is 0 Å². The molecule has 9 atom stereocenters. The highest BCUT2D eigenvalue weighted by atomic mass is 32.5. The third-order valence-electron chi connectivity index (χ3n) is 7.05. The van der Waals surface area contributed by atoms with Gasteiger partial charge in [0, 0.05) is 0 Å². The number of nitrogens with two attached hydrogens (primary N) is 2. The average molecular weight is 709 g/mol. The van der Waals surface area contributed by atoms with Crippen LogP contribution in [-0.2, 0) is 44.2 Å². The summed E-state index contributed by atoms with van der Waals surface area (Å²) < 4.78 is 78.5. The number of halogens is 2. The zero-order valence-corrected chi connectivity index (χ0v) is 26.1. The largest absolute Gasteiger partial charge is 0.382 e. The first-order valence-corrected chi connectivity index (χ1v) is 16.9. The van der Waals surface area contributed by atoms with Crippen LogP contribution in [0.3, 0.4) is 0 Å². The lowest BCUT2D eigenvalue weighted by atomic mass is 10.1. The minimum atomic E-state index is -4.28. The van der Waals surface area contributed by atoms with Gasteiger partial charge >= 0.3 is 15.4 Å². The fourth-order valence-electron chi connectivity index (χ4n) is 5.04. The van der Waals surface area contributed by atoms with E-state index >= 15 is 8.78 Å². The van der Waals surface area contributed by atoms with Crippen molar-refractivity contribution in [3.05, 3.63) is 25.3 Å². The SMILES string of the molecule is Nc1ncnc2c1ncn2[C@@H]1O[C@H](COP(O)(=S)O[C@H]2[C@@H](F)[C@H](n3cnc4c(N)ncnc43)O[C@@H]2COCS)[C@@H](OP=O)[C@H]1F. The molecule has 242 valence electrons. The summed E-state index contributed by atoms with van der Waals surface area (Å²) in [6.45, 7) is -5.06. The molecule has 4 aromatic rings. The summed E-state index contributed by atoms with van der Waals surface area (Å²) in [6, 6.07) is 0. The Hall–Kier alpha value is -2.62. The highest BCUT2D eigenvalue weighted by Gasteiger charge is 2.51. The molecule has 6 heterocycles. The van der Waals surface area contributed by atoms with Crippen molar-refractivity contribution in [1.82, 2.24) is 39.0 Å².